The van der Waals surface area contributed by atoms with Crippen molar-refractivity contribution in [1.29, 1.82) is 0 Å². The summed E-state index contributed by atoms with van der Waals surface area (Å²) in [5.41, 5.74) is 0. The zero-order chi connectivity index (χ0) is 5.12. The Morgan fingerprint density at radius 1 is 1.20 bits per heavy atom. The van der Waals surface area contributed by atoms with Crippen molar-refractivity contribution in [1.82, 2.24) is 0 Å². The molecule has 0 aliphatic heterocycles. The van der Waals surface area contributed by atoms with E-state index in [-0.39, 0.29) is 11.8 Å². The average molecular weight is 70.1 g/mol. The van der Waals surface area contributed by atoms with Crippen molar-refractivity contribution in [2.75, 3.05) is 0 Å². The van der Waals surface area contributed by atoms with Crippen LogP contribution in [0.3, 0.4) is 0 Å². The van der Waals surface area contributed by atoms with Crippen LogP contribution in [0.5, 0.6) is 0 Å². The van der Waals surface area contributed by atoms with E-state index in [4.69, 9.17) is 2.74 Å². The van der Waals surface area contributed by atoms with Gasteiger partial charge in [-0.1, -0.05) is 0 Å². The van der Waals surface area contributed by atoms with Gasteiger partial charge in [-0.2, -0.15) is 0 Å². The van der Waals surface area contributed by atoms with Crippen LogP contribution in [0.1, 0.15) is 22.0 Å². The van der Waals surface area contributed by atoms with Crippen molar-refractivity contribution in [3.63, 3.8) is 0 Å². The molecule has 0 saturated heterocycles. The lowest BCUT2D eigenvalue weighted by Gasteiger charge is -2.49. The lowest BCUT2D eigenvalue weighted by atomic mass is 9.56. The summed E-state index contributed by atoms with van der Waals surface area (Å²) in [6, 6.07) is 0. The average Bonchev–Trinajstić information content (AvgIpc) is 1.27. The molecule has 0 nitrogen and oxygen atoms in total. The normalized spacial score (nSPS) is 92.8. The van der Waals surface area contributed by atoms with Crippen molar-refractivity contribution >= 4 is 0 Å². The molecular weight excluding hydrogens is 60.1 g/mol. The van der Waals surface area contributed by atoms with Gasteiger partial charge in [0.25, 0.3) is 0 Å². The van der Waals surface area contributed by atoms with Gasteiger partial charge in [-0.3, -0.25) is 0 Å². The summed E-state index contributed by atoms with van der Waals surface area (Å²) in [6.45, 7) is 0. The highest BCUT2D eigenvalue weighted by Crippen LogP contribution is 2.52. The van der Waals surface area contributed by atoms with E-state index in [1.54, 1.807) is 0 Å². The predicted molar refractivity (Wildman–Crippen MR) is 20.8 cm³/mol. The fourth-order valence-corrected chi connectivity index (χ4v) is 0.905. The van der Waals surface area contributed by atoms with Crippen LogP contribution in [0, 0.1) is 11.8 Å². The molecule has 5 heavy (non-hydrogen) atoms. The minimum absolute atomic E-state index is 0.109. The highest BCUT2D eigenvalue weighted by Gasteiger charge is 2.41. The van der Waals surface area contributed by atoms with E-state index >= 15 is 0 Å². The van der Waals surface area contributed by atoms with E-state index in [1.807, 2.05) is 0 Å². The van der Waals surface area contributed by atoms with Crippen molar-refractivity contribution in [3.8, 4) is 0 Å². The fourth-order valence-electron chi connectivity index (χ4n) is 0.905. The zero-order valence-corrected chi connectivity index (χ0v) is 3.12. The van der Waals surface area contributed by atoms with Gasteiger partial charge in [-0.25, -0.2) is 0 Å². The minimum atomic E-state index is -0.109. The molecule has 0 unspecified atom stereocenters. The quantitative estimate of drug-likeness (QED) is 0.404. The molecule has 0 heteroatoms. The first kappa shape index (κ1) is 1.25. The summed E-state index contributed by atoms with van der Waals surface area (Å²) in [7, 11) is 0. The minimum Gasteiger partial charge on any atom is -0.0475 e. The molecule has 0 heterocycles. The second kappa shape index (κ2) is 0.444. The van der Waals surface area contributed by atoms with E-state index < -0.39 is 0 Å². The first-order valence-electron chi connectivity index (χ1n) is 3.12. The third kappa shape index (κ3) is 0.111. The van der Waals surface area contributed by atoms with Gasteiger partial charge in [0, 0.05) is 2.74 Å². The monoisotopic (exact) mass is 70.1 g/mol. The smallest absolute Gasteiger partial charge is 0.0303 e. The van der Waals surface area contributed by atoms with Gasteiger partial charge in [0.15, 0.2) is 0 Å². The third-order valence-electron chi connectivity index (χ3n) is 1.50. The lowest BCUT2D eigenvalue weighted by Crippen LogP contribution is -2.38. The van der Waals surface area contributed by atoms with Gasteiger partial charge >= 0.3 is 0 Å². The molecule has 28 valence electrons. The third-order valence-corrected chi connectivity index (χ3v) is 1.50. The van der Waals surface area contributed by atoms with Crippen LogP contribution in [-0.4, -0.2) is 0 Å². The molecule has 0 spiro atoms. The number of hydrogen-bond acceptors (Lipinski definition) is 0. The maximum atomic E-state index is 7.34. The Hall–Kier alpha value is 0. The zero-order valence-electron chi connectivity index (χ0n) is 5.12. The summed E-state index contributed by atoms with van der Waals surface area (Å²) in [5, 5.41) is 0. The standard InChI is InChI=1S/C5H8/c1-4-2-5(1)3-4/h4-5H,1-3H2/i4D,5D. The first-order valence-corrected chi connectivity index (χ1v) is 2.12. The van der Waals surface area contributed by atoms with Gasteiger partial charge in [-0.05, 0) is 31.1 Å². The molecule has 3 aliphatic rings. The molecule has 0 atom stereocenters. The van der Waals surface area contributed by atoms with Gasteiger partial charge in [0.05, 0.1) is 0 Å². The molecule has 0 N–H and O–H groups in total. The Morgan fingerprint density at radius 2 is 1.60 bits per heavy atom. The molecule has 0 aromatic rings. The first-order chi connectivity index (χ1) is 3.12. The van der Waals surface area contributed by atoms with Crippen LogP contribution < -0.4 is 0 Å². The van der Waals surface area contributed by atoms with Crippen molar-refractivity contribution < 1.29 is 2.74 Å². The summed E-state index contributed by atoms with van der Waals surface area (Å²) in [6.07, 6.45) is 2.54. The van der Waals surface area contributed by atoms with Gasteiger partial charge in [-0.15, -0.1) is 0 Å². The van der Waals surface area contributed by atoms with Gasteiger partial charge < -0.3 is 0 Å². The molecule has 0 aromatic carbocycles. The van der Waals surface area contributed by atoms with Gasteiger partial charge in [0.2, 0.25) is 0 Å². The SMILES string of the molecule is [2H]C12CC([2H])(C1)C2. The van der Waals surface area contributed by atoms with E-state index in [0.717, 1.165) is 19.3 Å². The Labute approximate surface area is 35.0 Å². The molecule has 3 aliphatic carbocycles. The van der Waals surface area contributed by atoms with Crippen LogP contribution in [-0.2, 0) is 0 Å². The number of hydrogen-bond donors (Lipinski definition) is 0. The fraction of sp³-hybridized carbons (Fsp3) is 1.00. The second-order valence-corrected chi connectivity index (χ2v) is 2.03. The van der Waals surface area contributed by atoms with Crippen LogP contribution >= 0.6 is 0 Å². The maximum Gasteiger partial charge on any atom is 0.0303 e. The highest BCUT2D eigenvalue weighted by molar-refractivity contribution is 4.92. The van der Waals surface area contributed by atoms with E-state index in [9.17, 15) is 0 Å². The largest absolute Gasteiger partial charge is 0.0475 e. The lowest BCUT2D eigenvalue weighted by molar-refractivity contribution is 0.0198. The van der Waals surface area contributed by atoms with E-state index in [0.29, 0.717) is 0 Å². The topological polar surface area (TPSA) is 0 Å². The molecule has 0 aromatic heterocycles. The molecule has 0 radical (unpaired) electrons. The molecule has 2 bridgehead atoms. The second-order valence-electron chi connectivity index (χ2n) is 2.03. The maximum absolute atomic E-state index is 7.34. The predicted octanol–water partition coefficient (Wildman–Crippen LogP) is 1.42. The van der Waals surface area contributed by atoms with Crippen LogP contribution in [0.25, 0.3) is 0 Å². The molecule has 0 amide bonds. The van der Waals surface area contributed by atoms with Gasteiger partial charge in [0.1, 0.15) is 0 Å². The van der Waals surface area contributed by atoms with Crippen molar-refractivity contribution in [3.05, 3.63) is 0 Å². The molecule has 3 rings (SSSR count). The Bertz CT molecular complexity index is 87.5. The van der Waals surface area contributed by atoms with Crippen molar-refractivity contribution in [2.24, 2.45) is 11.8 Å². The summed E-state index contributed by atoms with van der Waals surface area (Å²) in [4.78, 5) is 0. The number of rotatable bonds is 0. The molecular formula is C5H8. The highest BCUT2D eigenvalue weighted by atomic mass is 14.5. The van der Waals surface area contributed by atoms with E-state index in [1.165, 1.54) is 0 Å². The summed E-state index contributed by atoms with van der Waals surface area (Å²) < 4.78 is 14.7. The summed E-state index contributed by atoms with van der Waals surface area (Å²) >= 11 is 0. The van der Waals surface area contributed by atoms with E-state index in [2.05, 4.69) is 0 Å². The molecule has 3 fully saturated rings. The molecule has 3 saturated carbocycles. The van der Waals surface area contributed by atoms with Crippen LogP contribution in [0.4, 0.5) is 0 Å². The Balaban J connectivity index is 2.16. The van der Waals surface area contributed by atoms with Crippen molar-refractivity contribution in [2.45, 2.75) is 19.3 Å². The Kier molecular flexibility index (Phi) is 0.111. The van der Waals surface area contributed by atoms with Crippen LogP contribution in [0.15, 0.2) is 0 Å². The van der Waals surface area contributed by atoms with Crippen LogP contribution in [0.2, 0.25) is 0 Å². The Morgan fingerprint density at radius 3 is 1.60 bits per heavy atom. The summed E-state index contributed by atoms with van der Waals surface area (Å²) in [5.74, 6) is -0.219.